The molecule has 1 atom stereocenters. The number of fused-ring (bicyclic) bond motifs is 1. The minimum absolute atomic E-state index is 0.0738. The Labute approximate surface area is 154 Å². The van der Waals surface area contributed by atoms with Gasteiger partial charge in [0.15, 0.2) is 12.0 Å². The van der Waals surface area contributed by atoms with Gasteiger partial charge in [-0.1, -0.05) is 18.2 Å². The number of aromatic amines is 1. The summed E-state index contributed by atoms with van der Waals surface area (Å²) in [6.07, 6.45) is 7.02. The molecule has 3 heterocycles. The standard InChI is InChI=1S/C18H16FN7O/c19-18(5-2-6-26(10-18)11-20)17(27)24-15-9-21-14(8-22-15)13-4-1-3-12-7-23-25-16(12)13/h1,3-4,7-9H,2,5-6,10H2,(H,23,25)(H,22,24,27). The van der Waals surface area contributed by atoms with Crippen molar-refractivity contribution in [2.75, 3.05) is 18.4 Å². The summed E-state index contributed by atoms with van der Waals surface area (Å²) in [6, 6.07) is 5.71. The molecule has 0 radical (unpaired) electrons. The summed E-state index contributed by atoms with van der Waals surface area (Å²) < 4.78 is 14.9. The topological polar surface area (TPSA) is 111 Å². The van der Waals surface area contributed by atoms with Gasteiger partial charge in [-0.25, -0.2) is 9.37 Å². The first-order chi connectivity index (χ1) is 13.1. The molecule has 0 aliphatic carbocycles. The largest absolute Gasteiger partial charge is 0.307 e. The summed E-state index contributed by atoms with van der Waals surface area (Å²) in [5.41, 5.74) is 0.154. The van der Waals surface area contributed by atoms with Crippen LogP contribution in [0.3, 0.4) is 0 Å². The van der Waals surface area contributed by atoms with Crippen LogP contribution in [-0.2, 0) is 4.79 Å². The summed E-state index contributed by atoms with van der Waals surface area (Å²) in [7, 11) is 0. The van der Waals surface area contributed by atoms with Crippen LogP contribution in [0.15, 0.2) is 36.8 Å². The summed E-state index contributed by atoms with van der Waals surface area (Å²) in [4.78, 5) is 22.1. The van der Waals surface area contributed by atoms with Crippen molar-refractivity contribution in [3.8, 4) is 17.5 Å². The summed E-state index contributed by atoms with van der Waals surface area (Å²) in [5.74, 6) is -0.646. The number of piperidine rings is 1. The van der Waals surface area contributed by atoms with Gasteiger partial charge in [-0.3, -0.25) is 14.9 Å². The Morgan fingerprint density at radius 3 is 3.00 bits per heavy atom. The number of likely N-dealkylation sites (tertiary alicyclic amines) is 1. The van der Waals surface area contributed by atoms with Gasteiger partial charge in [0, 0.05) is 17.5 Å². The zero-order valence-corrected chi connectivity index (χ0v) is 14.3. The van der Waals surface area contributed by atoms with Crippen molar-refractivity contribution in [2.24, 2.45) is 0 Å². The van der Waals surface area contributed by atoms with E-state index in [4.69, 9.17) is 5.26 Å². The van der Waals surface area contributed by atoms with Gasteiger partial charge in [0.2, 0.25) is 5.67 Å². The molecule has 2 aromatic heterocycles. The van der Waals surface area contributed by atoms with Crippen LogP contribution in [0.1, 0.15) is 12.8 Å². The number of hydrogen-bond acceptors (Lipinski definition) is 6. The molecule has 0 spiro atoms. The molecule has 1 unspecified atom stereocenters. The van der Waals surface area contributed by atoms with Crippen molar-refractivity contribution in [2.45, 2.75) is 18.5 Å². The Morgan fingerprint density at radius 1 is 1.33 bits per heavy atom. The monoisotopic (exact) mass is 365 g/mol. The molecule has 8 nitrogen and oxygen atoms in total. The lowest BCUT2D eigenvalue weighted by molar-refractivity contribution is -0.130. The van der Waals surface area contributed by atoms with Crippen LogP contribution in [0.2, 0.25) is 0 Å². The lowest BCUT2D eigenvalue weighted by Gasteiger charge is -2.32. The number of hydrogen-bond donors (Lipinski definition) is 2. The molecule has 4 rings (SSSR count). The first-order valence-electron chi connectivity index (χ1n) is 8.49. The van der Waals surface area contributed by atoms with Gasteiger partial charge in [-0.05, 0) is 12.8 Å². The number of anilines is 1. The molecule has 2 N–H and O–H groups in total. The van der Waals surface area contributed by atoms with Crippen molar-refractivity contribution in [3.05, 3.63) is 36.8 Å². The van der Waals surface area contributed by atoms with Crippen molar-refractivity contribution in [1.82, 2.24) is 25.1 Å². The number of benzene rings is 1. The first kappa shape index (κ1) is 16.9. The second-order valence-electron chi connectivity index (χ2n) is 6.47. The number of amides is 1. The first-order valence-corrected chi connectivity index (χ1v) is 8.49. The highest BCUT2D eigenvalue weighted by atomic mass is 19.1. The summed E-state index contributed by atoms with van der Waals surface area (Å²) in [6.45, 7) is 0.214. The maximum atomic E-state index is 14.9. The number of rotatable bonds is 3. The minimum Gasteiger partial charge on any atom is -0.307 e. The third-order valence-corrected chi connectivity index (χ3v) is 4.64. The Morgan fingerprint density at radius 2 is 2.22 bits per heavy atom. The van der Waals surface area contributed by atoms with Crippen LogP contribution >= 0.6 is 0 Å². The molecule has 1 aliphatic heterocycles. The highest BCUT2D eigenvalue weighted by Gasteiger charge is 2.42. The average Bonchev–Trinajstić information content (AvgIpc) is 3.17. The second-order valence-corrected chi connectivity index (χ2v) is 6.47. The molecule has 3 aromatic rings. The maximum absolute atomic E-state index is 14.9. The number of nitriles is 1. The molecule has 1 amide bonds. The third-order valence-electron chi connectivity index (χ3n) is 4.64. The number of para-hydroxylation sites is 1. The Bertz CT molecular complexity index is 1030. The average molecular weight is 365 g/mol. The molecule has 9 heteroatoms. The number of nitrogens with zero attached hydrogens (tertiary/aromatic N) is 5. The molecule has 0 saturated carbocycles. The van der Waals surface area contributed by atoms with Crippen LogP contribution in [0.25, 0.3) is 22.2 Å². The van der Waals surface area contributed by atoms with Crippen LogP contribution in [-0.4, -0.2) is 49.7 Å². The molecule has 136 valence electrons. The van der Waals surface area contributed by atoms with Crippen molar-refractivity contribution in [1.29, 1.82) is 5.26 Å². The van der Waals surface area contributed by atoms with Gasteiger partial charge < -0.3 is 10.2 Å². The normalized spacial score (nSPS) is 19.6. The van der Waals surface area contributed by atoms with Crippen molar-refractivity contribution < 1.29 is 9.18 Å². The second kappa shape index (κ2) is 6.64. The predicted molar refractivity (Wildman–Crippen MR) is 96.0 cm³/mol. The number of carbonyl (C=O) groups excluding carboxylic acids is 1. The van der Waals surface area contributed by atoms with E-state index in [0.717, 1.165) is 16.5 Å². The van der Waals surface area contributed by atoms with Gasteiger partial charge in [0.25, 0.3) is 5.91 Å². The molecule has 0 bridgehead atoms. The SMILES string of the molecule is N#CN1CCCC(F)(C(=O)Nc2cnc(-c3cccc4cn[nH]c34)cn2)C1. The fourth-order valence-corrected chi connectivity index (χ4v) is 3.22. The third kappa shape index (κ3) is 3.17. The van der Waals surface area contributed by atoms with E-state index in [1.807, 2.05) is 24.4 Å². The van der Waals surface area contributed by atoms with Gasteiger partial charge in [-0.15, -0.1) is 0 Å². The van der Waals surface area contributed by atoms with Crippen molar-refractivity contribution >= 4 is 22.6 Å². The lowest BCUT2D eigenvalue weighted by Crippen LogP contribution is -2.51. The van der Waals surface area contributed by atoms with E-state index in [2.05, 4.69) is 25.5 Å². The number of aromatic nitrogens is 4. The van der Waals surface area contributed by atoms with Gasteiger partial charge in [0.1, 0.15) is 0 Å². The molecule has 1 saturated heterocycles. The van der Waals surface area contributed by atoms with Gasteiger partial charge in [0.05, 0.1) is 36.3 Å². The van der Waals surface area contributed by atoms with Crippen LogP contribution in [0, 0.1) is 11.5 Å². The molecular formula is C18H16FN7O. The number of nitrogens with one attached hydrogen (secondary N) is 2. The molecule has 27 heavy (non-hydrogen) atoms. The number of H-pyrrole nitrogens is 1. The zero-order chi connectivity index (χ0) is 18.9. The van der Waals surface area contributed by atoms with E-state index in [1.165, 1.54) is 17.3 Å². The van der Waals surface area contributed by atoms with E-state index >= 15 is 0 Å². The predicted octanol–water partition coefficient (Wildman–Crippen LogP) is 2.24. The highest BCUT2D eigenvalue weighted by Crippen LogP contribution is 2.27. The Hall–Kier alpha value is -3.54. The number of carbonyl (C=O) groups is 1. The van der Waals surface area contributed by atoms with E-state index in [0.29, 0.717) is 18.7 Å². The quantitative estimate of drug-likeness (QED) is 0.689. The molecule has 1 aliphatic rings. The lowest BCUT2D eigenvalue weighted by atomic mass is 9.94. The molecular weight excluding hydrogens is 349 g/mol. The van der Waals surface area contributed by atoms with Crippen LogP contribution < -0.4 is 5.32 Å². The van der Waals surface area contributed by atoms with E-state index in [1.54, 1.807) is 6.20 Å². The smallest absolute Gasteiger partial charge is 0.265 e. The maximum Gasteiger partial charge on any atom is 0.265 e. The molecule has 1 fully saturated rings. The number of halogens is 1. The Kier molecular flexibility index (Phi) is 4.16. The van der Waals surface area contributed by atoms with Gasteiger partial charge >= 0.3 is 0 Å². The van der Waals surface area contributed by atoms with E-state index in [9.17, 15) is 9.18 Å². The fourth-order valence-electron chi connectivity index (χ4n) is 3.22. The van der Waals surface area contributed by atoms with E-state index in [-0.39, 0.29) is 18.8 Å². The van der Waals surface area contributed by atoms with Crippen molar-refractivity contribution in [3.63, 3.8) is 0 Å². The van der Waals surface area contributed by atoms with Crippen LogP contribution in [0.5, 0.6) is 0 Å². The highest BCUT2D eigenvalue weighted by molar-refractivity contribution is 5.97. The fraction of sp³-hybridized carbons (Fsp3) is 0.278. The number of alkyl halides is 1. The minimum atomic E-state index is -2.12. The summed E-state index contributed by atoms with van der Waals surface area (Å²) >= 11 is 0. The zero-order valence-electron chi connectivity index (χ0n) is 14.3. The Balaban J connectivity index is 1.52. The van der Waals surface area contributed by atoms with Crippen LogP contribution in [0.4, 0.5) is 10.2 Å². The molecule has 1 aromatic carbocycles. The summed E-state index contributed by atoms with van der Waals surface area (Å²) in [5, 5.41) is 19.3. The van der Waals surface area contributed by atoms with Gasteiger partial charge in [-0.2, -0.15) is 10.4 Å². The van der Waals surface area contributed by atoms with E-state index < -0.39 is 11.6 Å².